The van der Waals surface area contributed by atoms with Crippen molar-refractivity contribution in [2.45, 2.75) is 58.2 Å². The number of methoxy groups -OCH3 is 2. The fourth-order valence-corrected chi connectivity index (χ4v) is 5.38. The van der Waals surface area contributed by atoms with Gasteiger partial charge in [-0.2, -0.15) is 0 Å². The minimum atomic E-state index is -3.88. The van der Waals surface area contributed by atoms with Gasteiger partial charge in [0.15, 0.2) is 0 Å². The molecule has 1 saturated carbocycles. The van der Waals surface area contributed by atoms with E-state index in [1.54, 1.807) is 19.1 Å². The summed E-state index contributed by atoms with van der Waals surface area (Å²) >= 11 is 0. The summed E-state index contributed by atoms with van der Waals surface area (Å²) in [6, 6.07) is 11.6. The molecule has 10 heteroatoms. The minimum Gasteiger partial charge on any atom is -0.497 e. The monoisotopic (exact) mass is 531 g/mol. The molecule has 1 aliphatic carbocycles. The number of carbonyl (C=O) groups excluding carboxylic acids is 2. The van der Waals surface area contributed by atoms with E-state index in [9.17, 15) is 18.0 Å². The third kappa shape index (κ3) is 7.15. The van der Waals surface area contributed by atoms with E-state index < -0.39 is 28.5 Å². The molecule has 1 fully saturated rings. The van der Waals surface area contributed by atoms with Crippen LogP contribution in [0.15, 0.2) is 42.5 Å². The Labute approximate surface area is 219 Å². The lowest BCUT2D eigenvalue weighted by Gasteiger charge is -2.32. The van der Waals surface area contributed by atoms with Gasteiger partial charge in [0.25, 0.3) is 0 Å². The van der Waals surface area contributed by atoms with Crippen molar-refractivity contribution in [2.75, 3.05) is 31.3 Å². The van der Waals surface area contributed by atoms with Crippen molar-refractivity contribution in [3.05, 3.63) is 53.6 Å². The number of carbonyl (C=O) groups is 2. The van der Waals surface area contributed by atoms with Crippen molar-refractivity contribution in [3.63, 3.8) is 0 Å². The number of benzene rings is 2. The van der Waals surface area contributed by atoms with Gasteiger partial charge in [0, 0.05) is 18.7 Å². The van der Waals surface area contributed by atoms with Crippen molar-refractivity contribution >= 4 is 27.5 Å². The normalized spacial score (nSPS) is 14.6. The van der Waals surface area contributed by atoms with Crippen LogP contribution >= 0.6 is 0 Å². The van der Waals surface area contributed by atoms with Crippen molar-refractivity contribution in [1.29, 1.82) is 0 Å². The largest absolute Gasteiger partial charge is 0.497 e. The van der Waals surface area contributed by atoms with Crippen molar-refractivity contribution in [1.82, 2.24) is 10.2 Å². The maximum atomic E-state index is 13.8. The summed E-state index contributed by atoms with van der Waals surface area (Å²) in [5, 5.41) is 3.06. The van der Waals surface area contributed by atoms with E-state index >= 15 is 0 Å². The molecular formula is C27H37N3O6S. The van der Waals surface area contributed by atoms with Crippen LogP contribution < -0.4 is 19.1 Å². The van der Waals surface area contributed by atoms with E-state index in [-0.39, 0.29) is 29.9 Å². The second-order valence-corrected chi connectivity index (χ2v) is 11.3. The molecule has 0 aromatic heterocycles. The summed E-state index contributed by atoms with van der Waals surface area (Å²) < 4.78 is 37.3. The number of ether oxygens (including phenoxy) is 2. The van der Waals surface area contributed by atoms with Gasteiger partial charge in [-0.25, -0.2) is 8.42 Å². The van der Waals surface area contributed by atoms with E-state index in [0.717, 1.165) is 47.4 Å². The first-order valence-electron chi connectivity index (χ1n) is 12.4. The number of aryl methyl sites for hydroxylation is 1. The van der Waals surface area contributed by atoms with E-state index in [1.807, 2.05) is 31.2 Å². The predicted molar refractivity (Wildman–Crippen MR) is 143 cm³/mol. The number of hydrogen-bond acceptors (Lipinski definition) is 6. The Morgan fingerprint density at radius 3 is 2.35 bits per heavy atom. The molecule has 0 bridgehead atoms. The predicted octanol–water partition coefficient (Wildman–Crippen LogP) is 3.25. The standard InChI is InChI=1S/C27H37N3O6S/c1-19-10-6-7-11-21(19)17-29(20(2)27(32)28-22-12-8-9-13-22)26(31)18-30(37(5,33)34)24-15-14-23(35-3)16-25(24)36-4/h6-7,10-11,14-16,20,22H,8-9,12-13,17-18H2,1-5H3,(H,28,32). The zero-order valence-corrected chi connectivity index (χ0v) is 23.0. The molecule has 0 radical (unpaired) electrons. The lowest BCUT2D eigenvalue weighted by atomic mass is 10.1. The molecule has 0 aliphatic heterocycles. The van der Waals surface area contributed by atoms with Gasteiger partial charge in [0.2, 0.25) is 21.8 Å². The van der Waals surface area contributed by atoms with Crippen LogP contribution in [0.2, 0.25) is 0 Å². The summed E-state index contributed by atoms with van der Waals surface area (Å²) in [5.74, 6) is -0.0174. The SMILES string of the molecule is COc1ccc(N(CC(=O)N(Cc2ccccc2C)C(C)C(=O)NC2CCCC2)S(C)(=O)=O)c(OC)c1. The average molecular weight is 532 g/mol. The fraction of sp³-hybridized carbons (Fsp3) is 0.481. The van der Waals surface area contributed by atoms with Crippen LogP contribution in [0.25, 0.3) is 0 Å². The highest BCUT2D eigenvalue weighted by molar-refractivity contribution is 7.92. The number of hydrogen-bond donors (Lipinski definition) is 1. The molecule has 2 amide bonds. The molecule has 9 nitrogen and oxygen atoms in total. The van der Waals surface area contributed by atoms with Gasteiger partial charge < -0.3 is 19.7 Å². The highest BCUT2D eigenvalue weighted by Crippen LogP contribution is 2.33. The van der Waals surface area contributed by atoms with Crippen LogP contribution in [-0.4, -0.2) is 64.2 Å². The minimum absolute atomic E-state index is 0.0986. The number of amides is 2. The van der Waals surface area contributed by atoms with Crippen LogP contribution in [0.4, 0.5) is 5.69 Å². The van der Waals surface area contributed by atoms with Crippen molar-refractivity contribution < 1.29 is 27.5 Å². The van der Waals surface area contributed by atoms with Gasteiger partial charge in [-0.1, -0.05) is 37.1 Å². The first kappa shape index (κ1) is 28.3. The summed E-state index contributed by atoms with van der Waals surface area (Å²) in [7, 11) is -0.969. The molecule has 0 spiro atoms. The van der Waals surface area contributed by atoms with E-state index in [0.29, 0.717) is 5.75 Å². The summed E-state index contributed by atoms with van der Waals surface area (Å²) in [4.78, 5) is 28.4. The average Bonchev–Trinajstić information content (AvgIpc) is 3.38. The highest BCUT2D eigenvalue weighted by atomic mass is 32.2. The number of anilines is 1. The third-order valence-electron chi connectivity index (χ3n) is 6.81. The molecule has 1 atom stereocenters. The fourth-order valence-electron chi connectivity index (χ4n) is 4.53. The van der Waals surface area contributed by atoms with E-state index in [1.165, 1.54) is 25.2 Å². The van der Waals surface area contributed by atoms with Crippen molar-refractivity contribution in [2.24, 2.45) is 0 Å². The number of nitrogens with one attached hydrogen (secondary N) is 1. The molecule has 3 rings (SSSR count). The highest BCUT2D eigenvalue weighted by Gasteiger charge is 2.32. The topological polar surface area (TPSA) is 105 Å². The van der Waals surface area contributed by atoms with E-state index in [2.05, 4.69) is 5.32 Å². The van der Waals surface area contributed by atoms with Gasteiger partial charge in [0.1, 0.15) is 24.1 Å². The third-order valence-corrected chi connectivity index (χ3v) is 7.93. The summed E-state index contributed by atoms with van der Waals surface area (Å²) in [5.41, 5.74) is 2.06. The molecule has 2 aromatic rings. The molecule has 0 heterocycles. The number of nitrogens with zero attached hydrogens (tertiary/aromatic N) is 2. The molecule has 202 valence electrons. The van der Waals surface area contributed by atoms with Gasteiger partial charge in [-0.15, -0.1) is 0 Å². The molecule has 1 unspecified atom stereocenters. The van der Waals surface area contributed by atoms with Gasteiger partial charge in [-0.05, 0) is 49.9 Å². The summed E-state index contributed by atoms with van der Waals surface area (Å²) in [6.45, 7) is 3.29. The maximum Gasteiger partial charge on any atom is 0.244 e. The smallest absolute Gasteiger partial charge is 0.244 e. The quantitative estimate of drug-likeness (QED) is 0.477. The van der Waals surface area contributed by atoms with Gasteiger partial charge >= 0.3 is 0 Å². The lowest BCUT2D eigenvalue weighted by Crippen LogP contribution is -2.52. The molecule has 2 aromatic carbocycles. The van der Waals surface area contributed by atoms with Crippen LogP contribution in [0.3, 0.4) is 0 Å². The lowest BCUT2D eigenvalue weighted by molar-refractivity contribution is -0.139. The first-order valence-corrected chi connectivity index (χ1v) is 14.2. The Hall–Kier alpha value is -3.27. The van der Waals surface area contributed by atoms with Crippen LogP contribution in [-0.2, 0) is 26.2 Å². The van der Waals surface area contributed by atoms with Crippen LogP contribution in [0.1, 0.15) is 43.7 Å². The van der Waals surface area contributed by atoms with Crippen LogP contribution in [0.5, 0.6) is 11.5 Å². The maximum absolute atomic E-state index is 13.8. The van der Waals surface area contributed by atoms with Gasteiger partial charge in [0.05, 0.1) is 26.2 Å². The zero-order chi connectivity index (χ0) is 27.2. The second kappa shape index (κ2) is 12.3. The Morgan fingerprint density at radius 1 is 1.08 bits per heavy atom. The van der Waals surface area contributed by atoms with Crippen molar-refractivity contribution in [3.8, 4) is 11.5 Å². The second-order valence-electron chi connectivity index (χ2n) is 9.42. The summed E-state index contributed by atoms with van der Waals surface area (Å²) in [6.07, 6.45) is 5.01. The molecule has 37 heavy (non-hydrogen) atoms. The zero-order valence-electron chi connectivity index (χ0n) is 22.2. The number of sulfonamides is 1. The van der Waals surface area contributed by atoms with Gasteiger partial charge in [-0.3, -0.25) is 13.9 Å². The van der Waals surface area contributed by atoms with E-state index in [4.69, 9.17) is 9.47 Å². The molecule has 0 saturated heterocycles. The Morgan fingerprint density at radius 2 is 1.76 bits per heavy atom. The van der Waals surface area contributed by atoms with Crippen LogP contribution in [0, 0.1) is 6.92 Å². The Balaban J connectivity index is 1.94. The Bertz CT molecular complexity index is 1210. The Kier molecular flexibility index (Phi) is 9.42. The first-order chi connectivity index (χ1) is 17.5. The number of rotatable bonds is 11. The molecule has 1 N–H and O–H groups in total. The molecule has 1 aliphatic rings. The molecular weight excluding hydrogens is 494 g/mol.